The van der Waals surface area contributed by atoms with E-state index in [9.17, 15) is 9.59 Å². The number of carboxylic acids is 2. The lowest BCUT2D eigenvalue weighted by molar-refractivity contribution is -0.212. The molecule has 2 N–H and O–H groups in total. The Kier molecular flexibility index (Phi) is 5.37. The molecule has 98 valence electrons. The maximum atomic E-state index is 11.0. The minimum atomic E-state index is -1.35. The van der Waals surface area contributed by atoms with E-state index >= 15 is 0 Å². The van der Waals surface area contributed by atoms with Crippen LogP contribution in [0.5, 0.6) is 0 Å². The van der Waals surface area contributed by atoms with Gasteiger partial charge in [-0.15, -0.1) is 0 Å². The molecule has 0 saturated carbocycles. The van der Waals surface area contributed by atoms with Crippen molar-refractivity contribution in [3.8, 4) is 0 Å². The molecule has 0 aromatic rings. The summed E-state index contributed by atoms with van der Waals surface area (Å²) in [7, 11) is 0. The van der Waals surface area contributed by atoms with E-state index in [2.05, 4.69) is 0 Å². The van der Waals surface area contributed by atoms with Crippen LogP contribution >= 0.6 is 0 Å². The van der Waals surface area contributed by atoms with Gasteiger partial charge in [0.2, 0.25) is 0 Å². The van der Waals surface area contributed by atoms with Crippen molar-refractivity contribution in [1.29, 1.82) is 0 Å². The molecule has 17 heavy (non-hydrogen) atoms. The van der Waals surface area contributed by atoms with Crippen LogP contribution in [-0.4, -0.2) is 41.2 Å². The van der Waals surface area contributed by atoms with Gasteiger partial charge in [-0.2, -0.15) is 0 Å². The van der Waals surface area contributed by atoms with Crippen LogP contribution in [0.15, 0.2) is 0 Å². The molecule has 1 saturated heterocycles. The molecule has 0 bridgehead atoms. The van der Waals surface area contributed by atoms with Gasteiger partial charge in [-0.05, 0) is 25.7 Å². The van der Waals surface area contributed by atoms with Gasteiger partial charge in [-0.1, -0.05) is 6.92 Å². The zero-order valence-electron chi connectivity index (χ0n) is 9.80. The fourth-order valence-corrected chi connectivity index (χ4v) is 1.83. The highest BCUT2D eigenvalue weighted by molar-refractivity contribution is 5.81. The molecule has 0 radical (unpaired) electrons. The molecule has 0 aliphatic carbocycles. The number of ether oxygens (including phenoxy) is 2. The molecule has 2 unspecified atom stereocenters. The Bertz CT molecular complexity index is 271. The van der Waals surface area contributed by atoms with Crippen molar-refractivity contribution >= 4 is 11.9 Å². The molecule has 1 aliphatic heterocycles. The summed E-state index contributed by atoms with van der Waals surface area (Å²) < 4.78 is 10.5. The van der Waals surface area contributed by atoms with Crippen LogP contribution in [0.4, 0.5) is 0 Å². The van der Waals surface area contributed by atoms with Gasteiger partial charge in [-0.25, -0.2) is 4.79 Å². The molecular formula is C11H18O6. The monoisotopic (exact) mass is 246 g/mol. The van der Waals surface area contributed by atoms with E-state index in [0.29, 0.717) is 13.0 Å². The van der Waals surface area contributed by atoms with Gasteiger partial charge < -0.3 is 19.7 Å². The van der Waals surface area contributed by atoms with Gasteiger partial charge in [0.15, 0.2) is 12.4 Å². The Morgan fingerprint density at radius 3 is 2.47 bits per heavy atom. The van der Waals surface area contributed by atoms with Crippen molar-refractivity contribution in [1.82, 2.24) is 0 Å². The van der Waals surface area contributed by atoms with Crippen LogP contribution < -0.4 is 0 Å². The second kappa shape index (κ2) is 6.56. The lowest BCUT2D eigenvalue weighted by Crippen LogP contribution is -2.41. The summed E-state index contributed by atoms with van der Waals surface area (Å²) in [4.78, 5) is 22.0. The molecule has 1 rings (SSSR count). The van der Waals surface area contributed by atoms with Crippen molar-refractivity contribution < 1.29 is 29.3 Å². The van der Waals surface area contributed by atoms with Crippen molar-refractivity contribution in [3.05, 3.63) is 0 Å². The molecule has 1 heterocycles. The average Bonchev–Trinajstić information content (AvgIpc) is 2.29. The Morgan fingerprint density at radius 2 is 2.06 bits per heavy atom. The van der Waals surface area contributed by atoms with Gasteiger partial charge in [0.1, 0.15) is 0 Å². The fraction of sp³-hybridized carbons (Fsp3) is 0.818. The topological polar surface area (TPSA) is 93.1 Å². The number of carboxylic acid groups (broad SMARTS) is 2. The van der Waals surface area contributed by atoms with Crippen LogP contribution in [0.1, 0.15) is 32.6 Å². The van der Waals surface area contributed by atoms with Crippen LogP contribution in [-0.2, 0) is 19.1 Å². The predicted octanol–water partition coefficient (Wildman–Crippen LogP) is 1.09. The molecular weight excluding hydrogens is 228 g/mol. The van der Waals surface area contributed by atoms with Gasteiger partial charge >= 0.3 is 11.9 Å². The fourth-order valence-electron chi connectivity index (χ4n) is 1.83. The van der Waals surface area contributed by atoms with Crippen molar-refractivity contribution in [3.63, 3.8) is 0 Å². The number of aliphatic carboxylic acids is 2. The first-order chi connectivity index (χ1) is 8.06. The summed E-state index contributed by atoms with van der Waals surface area (Å²) >= 11 is 0. The summed E-state index contributed by atoms with van der Waals surface area (Å²) in [6.07, 6.45) is 0.701. The third-order valence-electron chi connectivity index (χ3n) is 2.80. The lowest BCUT2D eigenvalue weighted by Gasteiger charge is -2.28. The van der Waals surface area contributed by atoms with Crippen LogP contribution in [0, 0.1) is 5.92 Å². The van der Waals surface area contributed by atoms with Crippen molar-refractivity contribution in [2.75, 3.05) is 6.61 Å². The second-order valence-corrected chi connectivity index (χ2v) is 4.04. The summed E-state index contributed by atoms with van der Waals surface area (Å²) in [5, 5.41) is 17.9. The molecule has 0 amide bonds. The first-order valence-electron chi connectivity index (χ1n) is 5.79. The molecule has 1 aliphatic rings. The quantitative estimate of drug-likeness (QED) is 0.728. The van der Waals surface area contributed by atoms with E-state index < -0.39 is 30.3 Å². The number of hydrogen-bond donors (Lipinski definition) is 2. The standard InChI is InChI=1S/C11H18O6/c1-2-7(10(12)13)9(11(14)15)17-8-5-3-4-6-16-8/h7-9H,2-6H2,1H3,(H,12,13)(H,14,15)/t7?,8?,9-/m0/s1. The Labute approximate surface area is 99.5 Å². The lowest BCUT2D eigenvalue weighted by atomic mass is 9.99. The maximum absolute atomic E-state index is 11.0. The van der Waals surface area contributed by atoms with Crippen LogP contribution in [0.2, 0.25) is 0 Å². The minimum absolute atomic E-state index is 0.207. The molecule has 0 aromatic heterocycles. The number of carbonyl (C=O) groups is 2. The first kappa shape index (κ1) is 13.9. The number of rotatable bonds is 6. The summed E-state index contributed by atoms with van der Waals surface area (Å²) in [6, 6.07) is 0. The van der Waals surface area contributed by atoms with Crippen LogP contribution in [0.3, 0.4) is 0 Å². The first-order valence-corrected chi connectivity index (χ1v) is 5.79. The van der Waals surface area contributed by atoms with E-state index in [1.54, 1.807) is 6.92 Å². The molecule has 1 fully saturated rings. The SMILES string of the molecule is CCC(C(=O)O)[C@H](OC1CCCCO1)C(=O)O. The molecule has 6 nitrogen and oxygen atoms in total. The molecule has 3 atom stereocenters. The van der Waals surface area contributed by atoms with Gasteiger partial charge in [0.05, 0.1) is 5.92 Å². The second-order valence-electron chi connectivity index (χ2n) is 4.04. The van der Waals surface area contributed by atoms with Crippen molar-refractivity contribution in [2.24, 2.45) is 5.92 Å². The van der Waals surface area contributed by atoms with Gasteiger partial charge in [0, 0.05) is 6.61 Å². The summed E-state index contributed by atoms with van der Waals surface area (Å²) in [5.41, 5.74) is 0. The Balaban J connectivity index is 2.64. The molecule has 0 spiro atoms. The predicted molar refractivity (Wildman–Crippen MR) is 57.5 cm³/mol. The largest absolute Gasteiger partial charge is 0.481 e. The number of hydrogen-bond acceptors (Lipinski definition) is 4. The highest BCUT2D eigenvalue weighted by Crippen LogP contribution is 2.20. The molecule has 0 aromatic carbocycles. The summed E-state index contributed by atoms with van der Waals surface area (Å²) in [6.45, 7) is 2.15. The van der Waals surface area contributed by atoms with Gasteiger partial charge in [-0.3, -0.25) is 4.79 Å². The average molecular weight is 246 g/mol. The zero-order chi connectivity index (χ0) is 12.8. The zero-order valence-corrected chi connectivity index (χ0v) is 9.80. The smallest absolute Gasteiger partial charge is 0.333 e. The highest BCUT2D eigenvalue weighted by atomic mass is 16.7. The van der Waals surface area contributed by atoms with E-state index in [1.807, 2.05) is 0 Å². The van der Waals surface area contributed by atoms with Crippen molar-refractivity contribution in [2.45, 2.75) is 45.0 Å². The third-order valence-corrected chi connectivity index (χ3v) is 2.80. The molecule has 6 heteroatoms. The third kappa shape index (κ3) is 3.98. The van der Waals surface area contributed by atoms with Gasteiger partial charge in [0.25, 0.3) is 0 Å². The summed E-state index contributed by atoms with van der Waals surface area (Å²) in [5.74, 6) is -3.46. The van der Waals surface area contributed by atoms with E-state index in [4.69, 9.17) is 19.7 Å². The highest BCUT2D eigenvalue weighted by Gasteiger charge is 2.35. The van der Waals surface area contributed by atoms with E-state index in [1.165, 1.54) is 0 Å². The Morgan fingerprint density at radius 1 is 1.35 bits per heavy atom. The normalized spacial score (nSPS) is 23.9. The Hall–Kier alpha value is -1.14. The minimum Gasteiger partial charge on any atom is -0.481 e. The maximum Gasteiger partial charge on any atom is 0.333 e. The van der Waals surface area contributed by atoms with E-state index in [-0.39, 0.29) is 6.42 Å². The van der Waals surface area contributed by atoms with E-state index in [0.717, 1.165) is 12.8 Å². The van der Waals surface area contributed by atoms with Crippen LogP contribution in [0.25, 0.3) is 0 Å².